The second-order valence-corrected chi connectivity index (χ2v) is 10.1. The lowest BCUT2D eigenvalue weighted by Gasteiger charge is -2.27. The van der Waals surface area contributed by atoms with Crippen LogP contribution in [0.25, 0.3) is 0 Å². The molecule has 0 aliphatic heterocycles. The summed E-state index contributed by atoms with van der Waals surface area (Å²) in [6.07, 6.45) is 25.2. The van der Waals surface area contributed by atoms with Gasteiger partial charge in [0, 0.05) is 6.42 Å². The predicted molar refractivity (Wildman–Crippen MR) is 118 cm³/mol. The minimum absolute atomic E-state index is 0.259. The number of rotatable bonds is 19. The molecule has 4 heteroatoms. The van der Waals surface area contributed by atoms with Crippen LogP contribution in [0.2, 0.25) is 0 Å². The van der Waals surface area contributed by atoms with Crippen molar-refractivity contribution in [3.8, 4) is 0 Å². The maximum Gasteiger partial charge on any atom is 0.373 e. The molecule has 0 saturated carbocycles. The van der Waals surface area contributed by atoms with Crippen LogP contribution in [0.1, 0.15) is 110 Å². The SMILES string of the molecule is CCCCCCCCCCCCCC/C=C\CCCC([P+](=O)[O-])[N+](C)(C)C. The molecule has 0 aliphatic carbocycles. The van der Waals surface area contributed by atoms with Gasteiger partial charge < -0.3 is 4.89 Å². The van der Waals surface area contributed by atoms with E-state index in [0.717, 1.165) is 19.3 Å². The largest absolute Gasteiger partial charge is 0.591 e. The Hall–Kier alpha value is -0.240. The zero-order chi connectivity index (χ0) is 20.4. The Morgan fingerprint density at radius 2 is 1.15 bits per heavy atom. The Morgan fingerprint density at radius 1 is 0.741 bits per heavy atom. The summed E-state index contributed by atoms with van der Waals surface area (Å²) < 4.78 is 11.9. The summed E-state index contributed by atoms with van der Waals surface area (Å²) in [5, 5.41) is 0. The smallest absolute Gasteiger partial charge is 0.373 e. The van der Waals surface area contributed by atoms with Crippen molar-refractivity contribution in [2.24, 2.45) is 0 Å². The average Bonchev–Trinajstić information content (AvgIpc) is 2.59. The second kappa shape index (κ2) is 17.8. The minimum Gasteiger partial charge on any atom is -0.591 e. The molecule has 0 heterocycles. The molecule has 0 aliphatic rings. The van der Waals surface area contributed by atoms with E-state index < -0.39 is 8.03 Å². The molecule has 0 bridgehead atoms. The lowest BCUT2D eigenvalue weighted by Crippen LogP contribution is -2.44. The molecule has 0 fully saturated rings. The van der Waals surface area contributed by atoms with Crippen LogP contribution in [-0.4, -0.2) is 31.4 Å². The quantitative estimate of drug-likeness (QED) is 0.102. The van der Waals surface area contributed by atoms with E-state index in [1.54, 1.807) is 0 Å². The summed E-state index contributed by atoms with van der Waals surface area (Å²) in [6.45, 7) is 2.28. The Kier molecular flexibility index (Phi) is 17.7. The van der Waals surface area contributed by atoms with E-state index in [4.69, 9.17) is 0 Å². The normalized spacial score (nSPS) is 14.0. The first-order chi connectivity index (χ1) is 12.9. The lowest BCUT2D eigenvalue weighted by molar-refractivity contribution is -0.883. The molecule has 2 unspecified atom stereocenters. The summed E-state index contributed by atoms with van der Waals surface area (Å²) in [4.78, 5) is 11.4. The van der Waals surface area contributed by atoms with Gasteiger partial charge in [-0.15, -0.1) is 0 Å². The van der Waals surface area contributed by atoms with Crippen LogP contribution < -0.4 is 4.89 Å². The van der Waals surface area contributed by atoms with E-state index in [1.807, 2.05) is 21.1 Å². The molecule has 0 spiro atoms. The molecule has 0 N–H and O–H groups in total. The van der Waals surface area contributed by atoms with E-state index in [9.17, 15) is 9.46 Å². The molecular formula is C23H47NO2P+. The van der Waals surface area contributed by atoms with Gasteiger partial charge in [-0.3, -0.25) is 4.48 Å². The predicted octanol–water partition coefficient (Wildman–Crippen LogP) is 6.94. The molecule has 0 aromatic rings. The van der Waals surface area contributed by atoms with Crippen LogP contribution in [0.15, 0.2) is 12.2 Å². The maximum absolute atomic E-state index is 11.4. The molecule has 27 heavy (non-hydrogen) atoms. The summed E-state index contributed by atoms with van der Waals surface area (Å²) in [5.74, 6) is -0.259. The van der Waals surface area contributed by atoms with E-state index in [1.165, 1.54) is 83.5 Å². The van der Waals surface area contributed by atoms with Gasteiger partial charge in [0.25, 0.3) is 5.78 Å². The van der Waals surface area contributed by atoms with Gasteiger partial charge >= 0.3 is 8.03 Å². The van der Waals surface area contributed by atoms with Crippen LogP contribution in [0.4, 0.5) is 0 Å². The van der Waals surface area contributed by atoms with Crippen LogP contribution >= 0.6 is 8.03 Å². The van der Waals surface area contributed by atoms with E-state index >= 15 is 0 Å². The number of hydrogen-bond acceptors (Lipinski definition) is 2. The number of unbranched alkanes of at least 4 members (excludes halogenated alkanes) is 13. The van der Waals surface area contributed by atoms with Crippen molar-refractivity contribution >= 4 is 8.03 Å². The first-order valence-electron chi connectivity index (χ1n) is 11.5. The van der Waals surface area contributed by atoms with Crippen molar-refractivity contribution in [1.82, 2.24) is 0 Å². The van der Waals surface area contributed by atoms with Gasteiger partial charge in [-0.05, 0) is 25.7 Å². The summed E-state index contributed by atoms with van der Waals surface area (Å²) >= 11 is 0. The highest BCUT2D eigenvalue weighted by atomic mass is 31.1. The Labute approximate surface area is 171 Å². The molecule has 160 valence electrons. The number of hydrogen-bond donors (Lipinski definition) is 0. The van der Waals surface area contributed by atoms with Crippen molar-refractivity contribution in [2.75, 3.05) is 21.1 Å². The van der Waals surface area contributed by atoms with Crippen LogP contribution in [0, 0.1) is 0 Å². The summed E-state index contributed by atoms with van der Waals surface area (Å²) in [6, 6.07) is 0. The van der Waals surface area contributed by atoms with Gasteiger partial charge in [-0.25, -0.2) is 0 Å². The van der Waals surface area contributed by atoms with Gasteiger partial charge in [0.05, 0.1) is 21.1 Å². The van der Waals surface area contributed by atoms with Gasteiger partial charge in [0.2, 0.25) is 0 Å². The molecule has 0 saturated heterocycles. The van der Waals surface area contributed by atoms with Gasteiger partial charge in [-0.2, -0.15) is 0 Å². The topological polar surface area (TPSA) is 40.1 Å². The second-order valence-electron chi connectivity index (χ2n) is 8.96. The van der Waals surface area contributed by atoms with Gasteiger partial charge in [-0.1, -0.05) is 94.3 Å². The Balaban J connectivity index is 3.40. The van der Waals surface area contributed by atoms with Crippen LogP contribution in [0.5, 0.6) is 0 Å². The third-order valence-electron chi connectivity index (χ3n) is 5.36. The van der Waals surface area contributed by atoms with Crippen molar-refractivity contribution in [3.05, 3.63) is 12.2 Å². The summed E-state index contributed by atoms with van der Waals surface area (Å²) in [7, 11) is 3.52. The third kappa shape index (κ3) is 17.6. The van der Waals surface area contributed by atoms with Crippen molar-refractivity contribution in [3.63, 3.8) is 0 Å². The van der Waals surface area contributed by atoms with Crippen molar-refractivity contribution in [1.29, 1.82) is 0 Å². The molecule has 0 radical (unpaired) electrons. The molecular weight excluding hydrogens is 353 g/mol. The molecule has 2 atom stereocenters. The van der Waals surface area contributed by atoms with Crippen molar-refractivity contribution in [2.45, 2.75) is 115 Å². The Bertz CT molecular complexity index is 377. The summed E-state index contributed by atoms with van der Waals surface area (Å²) in [5.41, 5.74) is 0. The highest BCUT2D eigenvalue weighted by Gasteiger charge is 2.34. The Morgan fingerprint density at radius 3 is 1.56 bits per heavy atom. The van der Waals surface area contributed by atoms with Gasteiger partial charge in [0.1, 0.15) is 0 Å². The van der Waals surface area contributed by atoms with Crippen LogP contribution in [0.3, 0.4) is 0 Å². The van der Waals surface area contributed by atoms with Gasteiger partial charge in [0.15, 0.2) is 0 Å². The molecule has 3 nitrogen and oxygen atoms in total. The number of nitrogens with zero attached hydrogens (tertiary/aromatic N) is 1. The van der Waals surface area contributed by atoms with E-state index in [0.29, 0.717) is 4.48 Å². The fraction of sp³-hybridized carbons (Fsp3) is 0.913. The fourth-order valence-corrected chi connectivity index (χ4v) is 4.49. The third-order valence-corrected chi connectivity index (χ3v) is 6.80. The fourth-order valence-electron chi connectivity index (χ4n) is 3.53. The van der Waals surface area contributed by atoms with Crippen molar-refractivity contribution < 1.29 is 13.9 Å². The zero-order valence-electron chi connectivity index (χ0n) is 18.8. The van der Waals surface area contributed by atoms with E-state index in [-0.39, 0.29) is 5.78 Å². The number of quaternary nitrogens is 1. The first kappa shape index (κ1) is 26.8. The lowest BCUT2D eigenvalue weighted by atomic mass is 10.0. The minimum atomic E-state index is -2.35. The molecule has 0 rings (SSSR count). The molecule has 0 aromatic carbocycles. The highest BCUT2D eigenvalue weighted by molar-refractivity contribution is 7.37. The number of allylic oxidation sites excluding steroid dienone is 2. The average molecular weight is 401 g/mol. The highest BCUT2D eigenvalue weighted by Crippen LogP contribution is 2.28. The first-order valence-corrected chi connectivity index (χ1v) is 12.7. The van der Waals surface area contributed by atoms with Crippen LogP contribution in [-0.2, 0) is 4.57 Å². The molecule has 0 aromatic heterocycles. The van der Waals surface area contributed by atoms with E-state index in [2.05, 4.69) is 19.1 Å². The standard InChI is InChI=1S/C23H47NO2P/c1-5-6-7-8-9-10-11-12-13-14-15-16-17-18-19-20-21-22-23(27(25)26)24(2,3)4/h18-19,23H,5-17,20-22H2,1-4H3/q+1/b19-18-. The molecule has 0 amide bonds. The monoisotopic (exact) mass is 400 g/mol. The zero-order valence-corrected chi connectivity index (χ0v) is 19.7. The maximum atomic E-state index is 11.4.